The first-order valence-electron chi connectivity index (χ1n) is 10.7. The predicted octanol–water partition coefficient (Wildman–Crippen LogP) is 5.59. The van der Waals surface area contributed by atoms with Crippen LogP contribution in [-0.4, -0.2) is 23.8 Å². The van der Waals surface area contributed by atoms with Crippen LogP contribution in [0.2, 0.25) is 0 Å². The molecule has 0 aromatic carbocycles. The minimum atomic E-state index is -0.681. The zero-order valence-corrected chi connectivity index (χ0v) is 15.7. The zero-order valence-electron chi connectivity index (χ0n) is 15.7. The summed E-state index contributed by atoms with van der Waals surface area (Å²) in [6.45, 7) is 0.970. The lowest BCUT2D eigenvalue weighted by Gasteiger charge is -2.31. The number of aliphatic carboxylic acids is 1. The standard InChI is InChI=1S/C22H36O3/c23-22(24)11-7-2-1-6-10-20-17-12-13-18(16-17)21(20)14-15-25-19-8-4-3-5-9-19/h1,6,17-21H,2-5,7-16H2,(H,23,24)/b6-1-/t17-,18+,20-,21+/m0/s1. The van der Waals surface area contributed by atoms with E-state index in [2.05, 4.69) is 12.2 Å². The van der Waals surface area contributed by atoms with Gasteiger partial charge in [0.2, 0.25) is 0 Å². The van der Waals surface area contributed by atoms with E-state index in [0.717, 1.165) is 43.1 Å². The second kappa shape index (κ2) is 9.75. The quantitative estimate of drug-likeness (QED) is 0.413. The van der Waals surface area contributed by atoms with Gasteiger partial charge >= 0.3 is 5.97 Å². The first kappa shape index (κ1) is 18.9. The topological polar surface area (TPSA) is 46.5 Å². The molecule has 4 atom stereocenters. The Labute approximate surface area is 153 Å². The van der Waals surface area contributed by atoms with Gasteiger partial charge in [-0.3, -0.25) is 4.79 Å². The molecule has 142 valence electrons. The van der Waals surface area contributed by atoms with Crippen molar-refractivity contribution in [2.75, 3.05) is 6.61 Å². The van der Waals surface area contributed by atoms with Crippen LogP contribution in [0.25, 0.3) is 0 Å². The van der Waals surface area contributed by atoms with E-state index in [1.807, 2.05) is 0 Å². The van der Waals surface area contributed by atoms with Gasteiger partial charge in [-0.15, -0.1) is 0 Å². The van der Waals surface area contributed by atoms with Crippen LogP contribution < -0.4 is 0 Å². The molecule has 0 heterocycles. The zero-order chi connectivity index (χ0) is 17.5. The molecule has 0 unspecified atom stereocenters. The average molecular weight is 349 g/mol. The van der Waals surface area contributed by atoms with Gasteiger partial charge in [0.1, 0.15) is 0 Å². The predicted molar refractivity (Wildman–Crippen MR) is 100 cm³/mol. The number of unbranched alkanes of at least 4 members (excludes halogenated alkanes) is 1. The Bertz CT molecular complexity index is 439. The van der Waals surface area contributed by atoms with Gasteiger partial charge in [-0.1, -0.05) is 31.4 Å². The number of allylic oxidation sites excluding steroid dienone is 2. The Morgan fingerprint density at radius 2 is 1.76 bits per heavy atom. The molecule has 0 aliphatic heterocycles. The Hall–Kier alpha value is -0.830. The van der Waals surface area contributed by atoms with Gasteiger partial charge in [-0.2, -0.15) is 0 Å². The number of fused-ring (bicyclic) bond motifs is 2. The van der Waals surface area contributed by atoms with Gasteiger partial charge < -0.3 is 9.84 Å². The Kier molecular flexibility index (Phi) is 7.39. The molecule has 0 aromatic rings. The van der Waals surface area contributed by atoms with Gasteiger partial charge in [0, 0.05) is 13.0 Å². The summed E-state index contributed by atoms with van der Waals surface area (Å²) >= 11 is 0. The highest BCUT2D eigenvalue weighted by Gasteiger charge is 2.46. The molecule has 1 N–H and O–H groups in total. The minimum absolute atomic E-state index is 0.291. The number of carboxylic acids is 1. The van der Waals surface area contributed by atoms with Crippen LogP contribution in [0.1, 0.15) is 83.5 Å². The van der Waals surface area contributed by atoms with E-state index in [1.165, 1.54) is 64.2 Å². The van der Waals surface area contributed by atoms with E-state index in [9.17, 15) is 4.79 Å². The molecule has 3 aliphatic carbocycles. The summed E-state index contributed by atoms with van der Waals surface area (Å²) in [7, 11) is 0. The van der Waals surface area contributed by atoms with Crippen molar-refractivity contribution in [2.24, 2.45) is 23.7 Å². The summed E-state index contributed by atoms with van der Waals surface area (Å²) in [5.74, 6) is 2.92. The van der Waals surface area contributed by atoms with Crippen molar-refractivity contribution in [1.82, 2.24) is 0 Å². The third-order valence-electron chi connectivity index (χ3n) is 6.97. The second-order valence-electron chi connectivity index (χ2n) is 8.57. The van der Waals surface area contributed by atoms with Crippen molar-refractivity contribution in [3.63, 3.8) is 0 Å². The van der Waals surface area contributed by atoms with Crippen molar-refractivity contribution >= 4 is 5.97 Å². The highest BCUT2D eigenvalue weighted by atomic mass is 16.5. The first-order chi connectivity index (χ1) is 12.2. The van der Waals surface area contributed by atoms with Crippen LogP contribution in [0.4, 0.5) is 0 Å². The minimum Gasteiger partial charge on any atom is -0.481 e. The van der Waals surface area contributed by atoms with E-state index in [-0.39, 0.29) is 0 Å². The monoisotopic (exact) mass is 348 g/mol. The lowest BCUT2D eigenvalue weighted by Crippen LogP contribution is -2.25. The fourth-order valence-corrected chi connectivity index (χ4v) is 5.69. The Morgan fingerprint density at radius 3 is 2.52 bits per heavy atom. The van der Waals surface area contributed by atoms with Crippen LogP contribution in [0.15, 0.2) is 12.2 Å². The van der Waals surface area contributed by atoms with E-state index >= 15 is 0 Å². The fraction of sp³-hybridized carbons (Fsp3) is 0.864. The Morgan fingerprint density at radius 1 is 1.00 bits per heavy atom. The van der Waals surface area contributed by atoms with Crippen LogP contribution in [0.5, 0.6) is 0 Å². The lowest BCUT2D eigenvalue weighted by atomic mass is 9.76. The summed E-state index contributed by atoms with van der Waals surface area (Å²) in [6.07, 6.45) is 20.5. The summed E-state index contributed by atoms with van der Waals surface area (Å²) < 4.78 is 6.21. The Balaban J connectivity index is 1.38. The maximum Gasteiger partial charge on any atom is 0.303 e. The SMILES string of the molecule is O=C(O)CCC/C=C\C[C@H]1[C@H]2CC[C@H](C2)[C@H]1CCOC1CCCCC1. The summed E-state index contributed by atoms with van der Waals surface area (Å²) in [5, 5.41) is 8.69. The largest absolute Gasteiger partial charge is 0.481 e. The molecule has 2 bridgehead atoms. The van der Waals surface area contributed by atoms with Gasteiger partial charge in [-0.25, -0.2) is 0 Å². The molecule has 3 nitrogen and oxygen atoms in total. The van der Waals surface area contributed by atoms with E-state index in [4.69, 9.17) is 9.84 Å². The van der Waals surface area contributed by atoms with Gasteiger partial charge in [0.05, 0.1) is 6.10 Å². The van der Waals surface area contributed by atoms with Crippen molar-refractivity contribution in [2.45, 2.75) is 89.6 Å². The normalized spacial score (nSPS) is 32.6. The molecule has 0 saturated heterocycles. The van der Waals surface area contributed by atoms with Crippen molar-refractivity contribution in [1.29, 1.82) is 0 Å². The average Bonchev–Trinajstić information content (AvgIpc) is 3.21. The molecule has 0 radical (unpaired) electrons. The lowest BCUT2D eigenvalue weighted by molar-refractivity contribution is -0.137. The maximum atomic E-state index is 10.5. The number of hydrogen-bond acceptors (Lipinski definition) is 2. The van der Waals surface area contributed by atoms with Gasteiger partial charge in [0.15, 0.2) is 0 Å². The molecular weight excluding hydrogens is 312 g/mol. The molecule has 3 rings (SSSR count). The highest BCUT2D eigenvalue weighted by molar-refractivity contribution is 5.66. The fourth-order valence-electron chi connectivity index (χ4n) is 5.69. The number of carboxylic acid groups (broad SMARTS) is 1. The van der Waals surface area contributed by atoms with Crippen LogP contribution in [-0.2, 0) is 9.53 Å². The number of carbonyl (C=O) groups is 1. The number of ether oxygens (including phenoxy) is 1. The first-order valence-corrected chi connectivity index (χ1v) is 10.7. The molecule has 3 fully saturated rings. The van der Waals surface area contributed by atoms with Crippen molar-refractivity contribution < 1.29 is 14.6 Å². The van der Waals surface area contributed by atoms with E-state index < -0.39 is 5.97 Å². The molecule has 25 heavy (non-hydrogen) atoms. The van der Waals surface area contributed by atoms with Crippen LogP contribution in [0, 0.1) is 23.7 Å². The molecule has 0 amide bonds. The molecule has 3 heteroatoms. The summed E-state index contributed by atoms with van der Waals surface area (Å²) in [6, 6.07) is 0. The molecular formula is C22H36O3. The molecule has 3 saturated carbocycles. The van der Waals surface area contributed by atoms with Crippen molar-refractivity contribution in [3.05, 3.63) is 12.2 Å². The van der Waals surface area contributed by atoms with Crippen LogP contribution >= 0.6 is 0 Å². The van der Waals surface area contributed by atoms with Gasteiger partial charge in [-0.05, 0) is 81.5 Å². The van der Waals surface area contributed by atoms with Gasteiger partial charge in [0.25, 0.3) is 0 Å². The number of hydrogen-bond donors (Lipinski definition) is 1. The molecule has 0 aromatic heterocycles. The van der Waals surface area contributed by atoms with E-state index in [0.29, 0.717) is 12.5 Å². The third-order valence-corrected chi connectivity index (χ3v) is 6.97. The molecule has 0 spiro atoms. The van der Waals surface area contributed by atoms with Crippen LogP contribution in [0.3, 0.4) is 0 Å². The number of rotatable bonds is 10. The maximum absolute atomic E-state index is 10.5. The summed E-state index contributed by atoms with van der Waals surface area (Å²) in [4.78, 5) is 10.5. The van der Waals surface area contributed by atoms with Crippen molar-refractivity contribution in [3.8, 4) is 0 Å². The molecule has 3 aliphatic rings. The van der Waals surface area contributed by atoms with E-state index in [1.54, 1.807) is 0 Å². The third kappa shape index (κ3) is 5.57. The smallest absolute Gasteiger partial charge is 0.303 e. The second-order valence-corrected chi connectivity index (χ2v) is 8.57. The highest BCUT2D eigenvalue weighted by Crippen LogP contribution is 2.54. The summed E-state index contributed by atoms with van der Waals surface area (Å²) in [5.41, 5.74) is 0.